The summed E-state index contributed by atoms with van der Waals surface area (Å²) in [6.45, 7) is 3.55. The summed E-state index contributed by atoms with van der Waals surface area (Å²) >= 11 is 3.28. The van der Waals surface area contributed by atoms with E-state index in [4.69, 9.17) is 0 Å². The van der Waals surface area contributed by atoms with Crippen molar-refractivity contribution in [3.05, 3.63) is 52.0 Å². The summed E-state index contributed by atoms with van der Waals surface area (Å²) in [5.74, 6) is -0.465. The van der Waals surface area contributed by atoms with Gasteiger partial charge in [-0.15, -0.1) is 0 Å². The monoisotopic (exact) mass is 459 g/mol. The van der Waals surface area contributed by atoms with Crippen LogP contribution in [0.4, 0.5) is 4.39 Å². The molecule has 6 nitrogen and oxygen atoms in total. The maximum atomic E-state index is 14.4. The highest BCUT2D eigenvalue weighted by Crippen LogP contribution is 2.26. The van der Waals surface area contributed by atoms with Crippen molar-refractivity contribution in [2.75, 3.05) is 20.1 Å². The molecule has 1 fully saturated rings. The number of rotatable bonds is 3. The third-order valence-electron chi connectivity index (χ3n) is 5.29. The lowest BCUT2D eigenvalue weighted by Gasteiger charge is -2.29. The van der Waals surface area contributed by atoms with Gasteiger partial charge in [0.25, 0.3) is 5.91 Å². The van der Waals surface area contributed by atoms with Gasteiger partial charge in [0.05, 0.1) is 5.69 Å². The molecule has 0 radical (unpaired) electrons. The smallest absolute Gasteiger partial charge is 0.270 e. The molecule has 29 heavy (non-hydrogen) atoms. The second-order valence-corrected chi connectivity index (χ2v) is 8.20. The maximum Gasteiger partial charge on any atom is 0.286 e. The summed E-state index contributed by atoms with van der Waals surface area (Å²) in [6, 6.07) is 8.40. The molecule has 0 N–H and O–H groups in total. The number of hydrogen-bond donors (Lipinski definition) is 0. The number of aromatic nitrogens is 3. The van der Waals surface area contributed by atoms with Gasteiger partial charge in [0, 0.05) is 41.9 Å². The number of amides is 1. The van der Waals surface area contributed by atoms with Crippen molar-refractivity contribution in [2.45, 2.75) is 32.6 Å². The largest absolute Gasteiger partial charge is 0.286 e. The lowest BCUT2D eigenvalue weighted by Crippen LogP contribution is -2.44. The van der Waals surface area contributed by atoms with Gasteiger partial charge >= 0.3 is 0 Å². The second kappa shape index (κ2) is 8.20. The highest BCUT2D eigenvalue weighted by atomic mass is 79.9. The molecule has 1 aromatic carbocycles. The van der Waals surface area contributed by atoms with Crippen LogP contribution in [0.2, 0.25) is 0 Å². The van der Waals surface area contributed by atoms with Crippen LogP contribution in [0.25, 0.3) is 16.9 Å². The molecule has 152 valence electrons. The van der Waals surface area contributed by atoms with Crippen LogP contribution < -0.4 is 0 Å². The number of halogens is 2. The molecule has 4 rings (SSSR count). The fourth-order valence-electron chi connectivity index (χ4n) is 3.69. The van der Waals surface area contributed by atoms with Crippen LogP contribution in [0, 0.1) is 5.82 Å². The first-order valence-electron chi connectivity index (χ1n) is 9.86. The molecule has 1 amide bonds. The lowest BCUT2D eigenvalue weighted by atomic mass is 10.1. The highest BCUT2D eigenvalue weighted by molar-refractivity contribution is 9.10. The average molecular weight is 460 g/mol. The van der Waals surface area contributed by atoms with Crippen LogP contribution in [0.1, 0.15) is 42.4 Å². The number of hydrazine groups is 1. The Morgan fingerprint density at radius 1 is 1.17 bits per heavy atom. The van der Waals surface area contributed by atoms with Gasteiger partial charge in [-0.25, -0.2) is 18.9 Å². The quantitative estimate of drug-likeness (QED) is 0.584. The molecule has 0 unspecified atom stereocenters. The SMILES string of the molecule is CCc1cc(C(=O)N2CCCCCN2C)nc2cc(-c3ccc(Br)cc3F)nn12. The van der Waals surface area contributed by atoms with Crippen molar-refractivity contribution in [1.82, 2.24) is 24.6 Å². The van der Waals surface area contributed by atoms with Gasteiger partial charge in [-0.3, -0.25) is 9.80 Å². The summed E-state index contributed by atoms with van der Waals surface area (Å²) in [4.78, 5) is 17.7. The molecule has 3 heterocycles. The van der Waals surface area contributed by atoms with Crippen molar-refractivity contribution < 1.29 is 9.18 Å². The predicted octanol–water partition coefficient (Wildman–Crippen LogP) is 4.33. The summed E-state index contributed by atoms with van der Waals surface area (Å²) in [6.07, 6.45) is 3.86. The Hall–Kier alpha value is -2.32. The molecule has 1 aliphatic heterocycles. The molecule has 2 aromatic heterocycles. The first-order valence-corrected chi connectivity index (χ1v) is 10.6. The van der Waals surface area contributed by atoms with Gasteiger partial charge in [-0.05, 0) is 43.5 Å². The van der Waals surface area contributed by atoms with Gasteiger partial charge in [-0.1, -0.05) is 29.3 Å². The van der Waals surface area contributed by atoms with Crippen molar-refractivity contribution in [1.29, 1.82) is 0 Å². The van der Waals surface area contributed by atoms with E-state index >= 15 is 0 Å². The van der Waals surface area contributed by atoms with E-state index in [1.54, 1.807) is 33.8 Å². The van der Waals surface area contributed by atoms with Gasteiger partial charge in [-0.2, -0.15) is 5.10 Å². The number of hydrogen-bond acceptors (Lipinski definition) is 4. The minimum atomic E-state index is -0.358. The lowest BCUT2D eigenvalue weighted by molar-refractivity contribution is 0.0113. The van der Waals surface area contributed by atoms with E-state index in [9.17, 15) is 9.18 Å². The number of carbonyl (C=O) groups excluding carboxylic acids is 1. The van der Waals surface area contributed by atoms with Crippen molar-refractivity contribution in [2.24, 2.45) is 0 Å². The molecule has 1 aliphatic rings. The number of aryl methyl sites for hydroxylation is 1. The zero-order valence-corrected chi connectivity index (χ0v) is 18.1. The van der Waals surface area contributed by atoms with Crippen molar-refractivity contribution in [3.63, 3.8) is 0 Å². The topological polar surface area (TPSA) is 53.7 Å². The zero-order chi connectivity index (χ0) is 20.5. The highest BCUT2D eigenvalue weighted by Gasteiger charge is 2.24. The molecule has 0 saturated carbocycles. The van der Waals surface area contributed by atoms with E-state index < -0.39 is 0 Å². The van der Waals surface area contributed by atoms with Crippen LogP contribution in [-0.4, -0.2) is 50.7 Å². The van der Waals surface area contributed by atoms with E-state index in [1.807, 2.05) is 19.0 Å². The number of fused-ring (bicyclic) bond motifs is 1. The van der Waals surface area contributed by atoms with E-state index in [-0.39, 0.29) is 11.7 Å². The average Bonchev–Trinajstić information content (AvgIpc) is 3.01. The van der Waals surface area contributed by atoms with Gasteiger partial charge in [0.2, 0.25) is 0 Å². The van der Waals surface area contributed by atoms with E-state index in [0.29, 0.717) is 40.0 Å². The Morgan fingerprint density at radius 3 is 2.72 bits per heavy atom. The van der Waals surface area contributed by atoms with Crippen LogP contribution in [0.3, 0.4) is 0 Å². The van der Waals surface area contributed by atoms with Gasteiger partial charge < -0.3 is 0 Å². The van der Waals surface area contributed by atoms with Crippen LogP contribution in [0.5, 0.6) is 0 Å². The van der Waals surface area contributed by atoms with Crippen LogP contribution in [-0.2, 0) is 6.42 Å². The first kappa shape index (κ1) is 20.0. The van der Waals surface area contributed by atoms with Gasteiger partial charge in [0.15, 0.2) is 5.65 Å². The van der Waals surface area contributed by atoms with Crippen LogP contribution in [0.15, 0.2) is 34.8 Å². The molecule has 0 aliphatic carbocycles. The minimum Gasteiger partial charge on any atom is -0.270 e. The summed E-state index contributed by atoms with van der Waals surface area (Å²) in [5.41, 5.74) is 2.70. The van der Waals surface area contributed by atoms with Crippen LogP contribution >= 0.6 is 15.9 Å². The summed E-state index contributed by atoms with van der Waals surface area (Å²) < 4.78 is 16.8. The van der Waals surface area contributed by atoms with E-state index in [1.165, 1.54) is 6.07 Å². The first-order chi connectivity index (χ1) is 14.0. The summed E-state index contributed by atoms with van der Waals surface area (Å²) in [7, 11) is 1.94. The third-order valence-corrected chi connectivity index (χ3v) is 5.78. The van der Waals surface area contributed by atoms with Crippen molar-refractivity contribution in [3.8, 4) is 11.3 Å². The Morgan fingerprint density at radius 2 is 1.97 bits per heavy atom. The Bertz CT molecular complexity index is 1070. The summed E-state index contributed by atoms with van der Waals surface area (Å²) in [5, 5.41) is 8.30. The second-order valence-electron chi connectivity index (χ2n) is 7.28. The third kappa shape index (κ3) is 3.91. The van der Waals surface area contributed by atoms with E-state index in [2.05, 4.69) is 26.0 Å². The minimum absolute atomic E-state index is 0.107. The molecule has 0 spiro atoms. The Labute approximate surface area is 177 Å². The molecular formula is C21H23BrFN5O. The molecule has 0 bridgehead atoms. The number of nitrogens with zero attached hydrogens (tertiary/aromatic N) is 5. The van der Waals surface area contributed by atoms with Gasteiger partial charge in [0.1, 0.15) is 11.5 Å². The predicted molar refractivity (Wildman–Crippen MR) is 113 cm³/mol. The zero-order valence-electron chi connectivity index (χ0n) is 16.5. The Balaban J connectivity index is 1.76. The standard InChI is InChI=1S/C21H23BrFN5O/c1-3-15-12-19(21(29)27-10-6-4-5-9-26(27)2)24-20-13-18(25-28(15)20)16-8-7-14(22)11-17(16)23/h7-8,11-13H,3-6,9-10H2,1-2H3. The molecule has 3 aromatic rings. The normalized spacial score (nSPS) is 15.7. The van der Waals surface area contributed by atoms with Crippen molar-refractivity contribution >= 4 is 27.5 Å². The fraction of sp³-hybridized carbons (Fsp3) is 0.381. The number of benzene rings is 1. The molecule has 8 heteroatoms. The maximum absolute atomic E-state index is 14.4. The molecule has 1 saturated heterocycles. The van der Waals surface area contributed by atoms with E-state index in [0.717, 1.165) is 31.5 Å². The fourth-order valence-corrected chi connectivity index (χ4v) is 4.02. The molecule has 0 atom stereocenters. The molecular weight excluding hydrogens is 437 g/mol. The number of carbonyl (C=O) groups is 1. The Kier molecular flexibility index (Phi) is 5.65.